The van der Waals surface area contributed by atoms with Crippen LogP contribution in [0.3, 0.4) is 0 Å². The number of carbonyl (C=O) groups is 3. The van der Waals surface area contributed by atoms with Crippen LogP contribution in [0.5, 0.6) is 0 Å². The Balaban J connectivity index is 1.82. The number of halogens is 1. The minimum Gasteiger partial charge on any atom is -0.352 e. The van der Waals surface area contributed by atoms with Crippen LogP contribution in [0.15, 0.2) is 53.4 Å². The van der Waals surface area contributed by atoms with Crippen molar-refractivity contribution in [3.05, 3.63) is 64.7 Å². The summed E-state index contributed by atoms with van der Waals surface area (Å²) in [5, 5.41) is 3.47. The monoisotopic (exact) mass is 519 g/mol. The predicted octanol–water partition coefficient (Wildman–Crippen LogP) is 3.60. The van der Waals surface area contributed by atoms with Gasteiger partial charge in [-0.3, -0.25) is 14.4 Å². The normalized spacial score (nSPS) is 15.9. The predicted molar refractivity (Wildman–Crippen MR) is 133 cm³/mol. The molecule has 0 unspecified atom stereocenters. The van der Waals surface area contributed by atoms with Crippen molar-refractivity contribution in [3.8, 4) is 0 Å². The summed E-state index contributed by atoms with van der Waals surface area (Å²) in [5.74, 6) is -1.36. The van der Waals surface area contributed by atoms with Gasteiger partial charge in [0, 0.05) is 30.6 Å². The average molecular weight is 520 g/mol. The number of amides is 3. The lowest BCUT2D eigenvalue weighted by Crippen LogP contribution is -2.51. The Morgan fingerprint density at radius 1 is 1.06 bits per heavy atom. The van der Waals surface area contributed by atoms with Crippen molar-refractivity contribution in [1.82, 2.24) is 14.5 Å². The van der Waals surface area contributed by atoms with Crippen molar-refractivity contribution in [2.24, 2.45) is 0 Å². The molecule has 0 spiro atoms. The van der Waals surface area contributed by atoms with Gasteiger partial charge < -0.3 is 10.2 Å². The van der Waals surface area contributed by atoms with E-state index < -0.39 is 27.9 Å². The lowest BCUT2D eigenvalue weighted by Gasteiger charge is -2.32. The molecule has 0 bridgehead atoms. The molecule has 0 fully saturated rings. The number of fused-ring (bicyclic) bond motifs is 1. The van der Waals surface area contributed by atoms with E-state index >= 15 is 0 Å². The first-order valence-electron chi connectivity index (χ1n) is 11.6. The largest absolute Gasteiger partial charge is 0.352 e. The van der Waals surface area contributed by atoms with Crippen molar-refractivity contribution in [2.45, 2.75) is 63.6 Å². The molecule has 1 aliphatic heterocycles. The maximum atomic E-state index is 13.4. The van der Waals surface area contributed by atoms with Gasteiger partial charge in [0.15, 0.2) is 0 Å². The molecule has 35 heavy (non-hydrogen) atoms. The first-order valence-corrected chi connectivity index (χ1v) is 13.4. The molecule has 0 aliphatic carbocycles. The van der Waals surface area contributed by atoms with Gasteiger partial charge in [-0.1, -0.05) is 49.7 Å². The second-order valence-corrected chi connectivity index (χ2v) is 10.8. The topological polar surface area (TPSA) is 104 Å². The van der Waals surface area contributed by atoms with Crippen LogP contribution in [0.4, 0.5) is 0 Å². The third-order valence-corrected chi connectivity index (χ3v) is 8.19. The highest BCUT2D eigenvalue weighted by Gasteiger charge is 2.41. The number of carbonyl (C=O) groups excluding carboxylic acids is 3. The molecule has 2 aromatic rings. The Hall–Kier alpha value is -2.91. The minimum atomic E-state index is -4.02. The van der Waals surface area contributed by atoms with E-state index in [1.165, 1.54) is 17.0 Å². The zero-order chi connectivity index (χ0) is 25.8. The van der Waals surface area contributed by atoms with Gasteiger partial charge >= 0.3 is 0 Å². The number of hydrogen-bond acceptors (Lipinski definition) is 5. The zero-order valence-corrected chi connectivity index (χ0v) is 21.6. The molecule has 1 heterocycles. The number of sulfonamides is 1. The SMILES string of the molecule is CC[C@@H](C)NC(=O)[C@H](CC)N(Cc1ccc(Cl)cc1)C(=O)CCN1C(=O)c2ccccc2S1(=O)=O. The standard InChI is InChI=1S/C25H30ClN3O5S/c1-4-17(3)27-24(31)21(5-2)28(16-18-10-12-19(26)13-11-18)23(30)14-15-29-25(32)20-8-6-7-9-22(20)35(29,33)34/h6-13,17,21H,4-5,14-16H2,1-3H3,(H,27,31)/t17-,21+/m1/s1. The van der Waals surface area contributed by atoms with E-state index in [4.69, 9.17) is 11.6 Å². The average Bonchev–Trinajstić information content (AvgIpc) is 3.03. The van der Waals surface area contributed by atoms with E-state index in [9.17, 15) is 22.8 Å². The lowest BCUT2D eigenvalue weighted by atomic mass is 10.1. The van der Waals surface area contributed by atoms with Gasteiger partial charge in [0.25, 0.3) is 15.9 Å². The number of rotatable bonds is 10. The molecule has 0 radical (unpaired) electrons. The van der Waals surface area contributed by atoms with Crippen LogP contribution >= 0.6 is 11.6 Å². The molecule has 1 N–H and O–H groups in total. The fourth-order valence-electron chi connectivity index (χ4n) is 3.94. The molecule has 3 rings (SSSR count). The summed E-state index contributed by atoms with van der Waals surface area (Å²) in [6, 6.07) is 12.1. The molecular formula is C25H30ClN3O5S. The third kappa shape index (κ3) is 5.85. The zero-order valence-electron chi connectivity index (χ0n) is 20.0. The van der Waals surface area contributed by atoms with Gasteiger partial charge in [0.1, 0.15) is 10.9 Å². The first kappa shape index (κ1) is 26.7. The number of hydrogen-bond donors (Lipinski definition) is 1. The second kappa shape index (κ2) is 11.2. The van der Waals surface area contributed by atoms with Gasteiger partial charge in [-0.15, -0.1) is 0 Å². The Morgan fingerprint density at radius 3 is 2.31 bits per heavy atom. The van der Waals surface area contributed by atoms with Crippen LogP contribution in [0.25, 0.3) is 0 Å². The summed E-state index contributed by atoms with van der Waals surface area (Å²) in [7, 11) is -4.02. The van der Waals surface area contributed by atoms with Crippen LogP contribution in [0.2, 0.25) is 5.02 Å². The lowest BCUT2D eigenvalue weighted by molar-refractivity contribution is -0.141. The molecule has 2 aromatic carbocycles. The summed E-state index contributed by atoms with van der Waals surface area (Å²) in [5.41, 5.74) is 0.868. The van der Waals surface area contributed by atoms with Crippen LogP contribution in [0, 0.1) is 0 Å². The maximum absolute atomic E-state index is 13.4. The Bertz CT molecular complexity index is 1200. The highest BCUT2D eigenvalue weighted by Crippen LogP contribution is 2.30. The fraction of sp³-hybridized carbons (Fsp3) is 0.400. The summed E-state index contributed by atoms with van der Waals surface area (Å²) in [6.45, 7) is 5.48. The van der Waals surface area contributed by atoms with E-state index in [1.807, 2.05) is 20.8 Å². The van der Waals surface area contributed by atoms with Gasteiger partial charge in [0.2, 0.25) is 11.8 Å². The summed E-state index contributed by atoms with van der Waals surface area (Å²) in [4.78, 5) is 40.5. The molecule has 2 atom stereocenters. The van der Waals surface area contributed by atoms with Crippen LogP contribution in [-0.4, -0.2) is 54.0 Å². The molecule has 1 aliphatic rings. The number of benzene rings is 2. The summed E-state index contributed by atoms with van der Waals surface area (Å²) < 4.78 is 26.4. The van der Waals surface area contributed by atoms with Gasteiger partial charge in [-0.05, 0) is 49.6 Å². The Morgan fingerprint density at radius 2 is 1.71 bits per heavy atom. The number of nitrogens with one attached hydrogen (secondary N) is 1. The van der Waals surface area contributed by atoms with Crippen molar-refractivity contribution in [3.63, 3.8) is 0 Å². The van der Waals surface area contributed by atoms with Gasteiger partial charge in [-0.25, -0.2) is 12.7 Å². The molecule has 10 heteroatoms. The van der Waals surface area contributed by atoms with Crippen LogP contribution in [-0.2, 0) is 26.2 Å². The fourth-order valence-corrected chi connectivity index (χ4v) is 5.64. The van der Waals surface area contributed by atoms with Crippen molar-refractivity contribution >= 4 is 39.3 Å². The molecule has 3 amide bonds. The van der Waals surface area contributed by atoms with E-state index in [0.29, 0.717) is 11.4 Å². The van der Waals surface area contributed by atoms with Crippen LogP contribution in [0.1, 0.15) is 56.0 Å². The minimum absolute atomic E-state index is 0.0603. The molecular weight excluding hydrogens is 490 g/mol. The molecule has 188 valence electrons. The van der Waals surface area contributed by atoms with Gasteiger partial charge in [0.05, 0.1) is 5.56 Å². The molecule has 8 nitrogen and oxygen atoms in total. The van der Waals surface area contributed by atoms with Gasteiger partial charge in [-0.2, -0.15) is 0 Å². The number of nitrogens with zero attached hydrogens (tertiary/aromatic N) is 2. The van der Waals surface area contributed by atoms with Crippen LogP contribution < -0.4 is 5.32 Å². The van der Waals surface area contributed by atoms with Crippen molar-refractivity contribution in [2.75, 3.05) is 6.54 Å². The Kier molecular flexibility index (Phi) is 8.56. The van der Waals surface area contributed by atoms with E-state index in [0.717, 1.165) is 16.3 Å². The summed E-state index contributed by atoms with van der Waals surface area (Å²) >= 11 is 5.99. The van der Waals surface area contributed by atoms with E-state index in [1.54, 1.807) is 36.4 Å². The van der Waals surface area contributed by atoms with Crippen molar-refractivity contribution in [1.29, 1.82) is 0 Å². The highest BCUT2D eigenvalue weighted by atomic mass is 35.5. The molecule has 0 aromatic heterocycles. The Labute approximate surface area is 211 Å². The first-order chi connectivity index (χ1) is 16.6. The third-order valence-electron chi connectivity index (χ3n) is 6.09. The smallest absolute Gasteiger partial charge is 0.269 e. The second-order valence-electron chi connectivity index (χ2n) is 8.52. The molecule has 0 saturated carbocycles. The molecule has 0 saturated heterocycles. The highest BCUT2D eigenvalue weighted by molar-refractivity contribution is 7.90. The summed E-state index contributed by atoms with van der Waals surface area (Å²) in [6.07, 6.45) is 0.858. The van der Waals surface area contributed by atoms with E-state index in [-0.39, 0.29) is 41.9 Å². The van der Waals surface area contributed by atoms with E-state index in [2.05, 4.69) is 5.32 Å². The maximum Gasteiger partial charge on any atom is 0.269 e. The quantitative estimate of drug-likeness (QED) is 0.516. The van der Waals surface area contributed by atoms with Crippen molar-refractivity contribution < 1.29 is 22.8 Å².